The van der Waals surface area contributed by atoms with Gasteiger partial charge >= 0.3 is 5.97 Å². The van der Waals surface area contributed by atoms with E-state index in [0.717, 1.165) is 6.42 Å². The first-order valence-electron chi connectivity index (χ1n) is 10.6. The number of nitrogens with two attached hydrogens (primary N) is 2. The molecular formula is C19H35N7O6. The minimum Gasteiger partial charge on any atom is -0.480 e. The van der Waals surface area contributed by atoms with Crippen LogP contribution in [0.15, 0.2) is 4.99 Å². The Bertz CT molecular complexity index is 690. The molecule has 32 heavy (non-hydrogen) atoms. The molecule has 1 fully saturated rings. The molecule has 0 aromatic heterocycles. The van der Waals surface area contributed by atoms with Crippen LogP contribution in [0.25, 0.3) is 0 Å². The fourth-order valence-electron chi connectivity index (χ4n) is 3.19. The highest BCUT2D eigenvalue weighted by Gasteiger charge is 2.32. The average Bonchev–Trinajstić information content (AvgIpc) is 3.26. The van der Waals surface area contributed by atoms with Crippen molar-refractivity contribution in [2.24, 2.45) is 22.4 Å². The topological polar surface area (TPSA) is 221 Å². The van der Waals surface area contributed by atoms with Gasteiger partial charge in [0.2, 0.25) is 17.7 Å². The zero-order valence-corrected chi connectivity index (χ0v) is 18.5. The number of nitrogens with zero attached hydrogens (tertiary/aromatic N) is 1. The normalized spacial score (nSPS) is 18.3. The number of carbonyl (C=O) groups excluding carboxylic acids is 3. The number of guanidine groups is 1. The van der Waals surface area contributed by atoms with E-state index in [1.54, 1.807) is 13.8 Å². The first-order chi connectivity index (χ1) is 15.1. The van der Waals surface area contributed by atoms with Gasteiger partial charge in [-0.3, -0.25) is 19.4 Å². The van der Waals surface area contributed by atoms with Gasteiger partial charge in [-0.2, -0.15) is 0 Å². The second-order valence-electron chi connectivity index (χ2n) is 7.97. The fourth-order valence-corrected chi connectivity index (χ4v) is 3.19. The summed E-state index contributed by atoms with van der Waals surface area (Å²) in [7, 11) is 0. The van der Waals surface area contributed by atoms with Crippen molar-refractivity contribution < 1.29 is 29.4 Å². The van der Waals surface area contributed by atoms with Gasteiger partial charge in [0.05, 0.1) is 12.6 Å². The molecular weight excluding hydrogens is 422 g/mol. The Labute approximate surface area is 186 Å². The van der Waals surface area contributed by atoms with E-state index < -0.39 is 54.5 Å². The Morgan fingerprint density at radius 2 is 1.78 bits per heavy atom. The molecule has 1 heterocycles. The molecule has 13 nitrogen and oxygen atoms in total. The summed E-state index contributed by atoms with van der Waals surface area (Å²) in [5.74, 6) is -3.58. The molecule has 3 amide bonds. The van der Waals surface area contributed by atoms with Gasteiger partial charge in [-0.05, 0) is 38.1 Å². The third-order valence-corrected chi connectivity index (χ3v) is 5.00. The third kappa shape index (κ3) is 9.06. The molecule has 0 aliphatic carbocycles. The predicted molar refractivity (Wildman–Crippen MR) is 116 cm³/mol. The molecule has 10 N–H and O–H groups in total. The van der Waals surface area contributed by atoms with Gasteiger partial charge in [-0.25, -0.2) is 4.79 Å². The molecule has 1 saturated heterocycles. The van der Waals surface area contributed by atoms with Crippen LogP contribution in [0.1, 0.15) is 39.5 Å². The molecule has 1 aliphatic heterocycles. The van der Waals surface area contributed by atoms with Crippen LogP contribution in [0.3, 0.4) is 0 Å². The largest absolute Gasteiger partial charge is 0.480 e. The second-order valence-corrected chi connectivity index (χ2v) is 7.97. The lowest BCUT2D eigenvalue weighted by Gasteiger charge is -2.26. The third-order valence-electron chi connectivity index (χ3n) is 5.00. The van der Waals surface area contributed by atoms with Crippen LogP contribution in [0, 0.1) is 5.92 Å². The van der Waals surface area contributed by atoms with Gasteiger partial charge in [0, 0.05) is 6.54 Å². The average molecular weight is 458 g/mol. The first-order valence-corrected chi connectivity index (χ1v) is 10.6. The van der Waals surface area contributed by atoms with Crippen molar-refractivity contribution in [3.8, 4) is 0 Å². The van der Waals surface area contributed by atoms with E-state index in [-0.39, 0.29) is 24.8 Å². The van der Waals surface area contributed by atoms with Gasteiger partial charge in [-0.1, -0.05) is 13.8 Å². The second kappa shape index (κ2) is 13.5. The Morgan fingerprint density at radius 3 is 2.28 bits per heavy atom. The zero-order valence-electron chi connectivity index (χ0n) is 18.5. The summed E-state index contributed by atoms with van der Waals surface area (Å²) >= 11 is 0. The van der Waals surface area contributed by atoms with Crippen LogP contribution in [-0.4, -0.2) is 83.7 Å². The fraction of sp³-hybridized carbons (Fsp3) is 0.737. The number of hydrogen-bond acceptors (Lipinski definition) is 7. The molecule has 182 valence electrons. The molecule has 4 unspecified atom stereocenters. The first kappa shape index (κ1) is 27.1. The number of aliphatic carboxylic acids is 1. The molecule has 1 aliphatic rings. The summed E-state index contributed by atoms with van der Waals surface area (Å²) in [5, 5.41) is 29.3. The summed E-state index contributed by atoms with van der Waals surface area (Å²) in [4.78, 5) is 52.8. The lowest BCUT2D eigenvalue weighted by molar-refractivity contribution is -0.142. The zero-order chi connectivity index (χ0) is 24.3. The highest BCUT2D eigenvalue weighted by atomic mass is 16.4. The Morgan fingerprint density at radius 1 is 1.09 bits per heavy atom. The Hall–Kier alpha value is -2.93. The van der Waals surface area contributed by atoms with Crippen molar-refractivity contribution in [2.45, 2.75) is 63.7 Å². The van der Waals surface area contributed by atoms with Crippen molar-refractivity contribution in [3.05, 3.63) is 0 Å². The Balaban J connectivity index is 2.72. The highest BCUT2D eigenvalue weighted by Crippen LogP contribution is 2.07. The maximum Gasteiger partial charge on any atom is 0.326 e. The van der Waals surface area contributed by atoms with Crippen LogP contribution in [0.2, 0.25) is 0 Å². The van der Waals surface area contributed by atoms with E-state index >= 15 is 0 Å². The minimum atomic E-state index is -1.24. The molecule has 0 bridgehead atoms. The summed E-state index contributed by atoms with van der Waals surface area (Å²) in [6, 6.07) is -3.95. The molecule has 0 aromatic rings. The van der Waals surface area contributed by atoms with Gasteiger partial charge in [0.25, 0.3) is 0 Å². The number of aliphatic hydroxyl groups is 1. The summed E-state index contributed by atoms with van der Waals surface area (Å²) in [6.07, 6.45) is 1.87. The van der Waals surface area contributed by atoms with Crippen LogP contribution in [0.4, 0.5) is 0 Å². The van der Waals surface area contributed by atoms with E-state index in [2.05, 4.69) is 26.3 Å². The lowest BCUT2D eigenvalue weighted by Crippen LogP contribution is -2.59. The number of amides is 3. The van der Waals surface area contributed by atoms with Crippen molar-refractivity contribution in [2.75, 3.05) is 19.7 Å². The van der Waals surface area contributed by atoms with Crippen molar-refractivity contribution in [3.63, 3.8) is 0 Å². The summed E-state index contributed by atoms with van der Waals surface area (Å²) in [6.45, 7) is 3.60. The SMILES string of the molecule is CC(C)C(NC(=O)C(CO)NC(=O)C1CCCN1)C(=O)NC(CCCN=C(N)N)C(=O)O. The summed E-state index contributed by atoms with van der Waals surface area (Å²) in [5.41, 5.74) is 10.4. The number of aliphatic hydroxyl groups excluding tert-OH is 1. The number of nitrogens with one attached hydrogen (secondary N) is 4. The van der Waals surface area contributed by atoms with Gasteiger partial charge in [0.15, 0.2) is 5.96 Å². The molecule has 0 saturated carbocycles. The maximum absolute atomic E-state index is 12.7. The standard InChI is InChI=1S/C19H35N7O6/c1-10(2)14(17(30)24-12(18(31)32)6-4-8-23-19(20)21)26-16(29)13(9-27)25-15(28)11-5-3-7-22-11/h10-14,22,27H,3-9H2,1-2H3,(H,24,30)(H,25,28)(H,26,29)(H,31,32)(H4,20,21,23). The highest BCUT2D eigenvalue weighted by molar-refractivity contribution is 5.94. The maximum atomic E-state index is 12.7. The van der Waals surface area contributed by atoms with Crippen LogP contribution < -0.4 is 32.7 Å². The number of hydrogen-bond donors (Lipinski definition) is 8. The molecule has 13 heteroatoms. The number of carboxylic acids is 1. The van der Waals surface area contributed by atoms with Gasteiger partial charge in [-0.15, -0.1) is 0 Å². The molecule has 0 radical (unpaired) electrons. The lowest BCUT2D eigenvalue weighted by atomic mass is 10.0. The van der Waals surface area contributed by atoms with Crippen LogP contribution >= 0.6 is 0 Å². The van der Waals surface area contributed by atoms with Crippen molar-refractivity contribution >= 4 is 29.7 Å². The van der Waals surface area contributed by atoms with Gasteiger partial charge < -0.3 is 42.9 Å². The Kier molecular flexibility index (Phi) is 11.4. The van der Waals surface area contributed by atoms with Crippen molar-refractivity contribution in [1.82, 2.24) is 21.3 Å². The number of carbonyl (C=O) groups is 4. The summed E-state index contributed by atoms with van der Waals surface area (Å²) < 4.78 is 0. The molecule has 1 rings (SSSR count). The van der Waals surface area contributed by atoms with Crippen molar-refractivity contribution in [1.29, 1.82) is 0 Å². The molecule has 4 atom stereocenters. The molecule has 0 aromatic carbocycles. The van der Waals surface area contributed by atoms with Crippen LogP contribution in [0.5, 0.6) is 0 Å². The predicted octanol–water partition coefficient (Wildman–Crippen LogP) is -3.02. The molecule has 0 spiro atoms. The van der Waals surface area contributed by atoms with Crippen LogP contribution in [-0.2, 0) is 19.2 Å². The number of carboxylic acid groups (broad SMARTS) is 1. The quantitative estimate of drug-likeness (QED) is 0.0799. The van der Waals surface area contributed by atoms with E-state index in [1.807, 2.05) is 0 Å². The number of aliphatic imine (C=N–C) groups is 1. The number of rotatable bonds is 13. The monoisotopic (exact) mass is 457 g/mol. The minimum absolute atomic E-state index is 0.0837. The van der Waals surface area contributed by atoms with Gasteiger partial charge in [0.1, 0.15) is 18.1 Å². The smallest absolute Gasteiger partial charge is 0.326 e. The van der Waals surface area contributed by atoms with E-state index in [9.17, 15) is 29.4 Å². The van der Waals surface area contributed by atoms with E-state index in [1.165, 1.54) is 0 Å². The van der Waals surface area contributed by atoms with E-state index in [0.29, 0.717) is 19.4 Å². The van der Waals surface area contributed by atoms with E-state index in [4.69, 9.17) is 11.5 Å².